The van der Waals surface area contributed by atoms with E-state index < -0.39 is 6.09 Å². The van der Waals surface area contributed by atoms with E-state index in [1.165, 1.54) is 15.0 Å². The molecule has 0 aliphatic heterocycles. The van der Waals surface area contributed by atoms with Gasteiger partial charge in [0.05, 0.1) is 25.9 Å². The Labute approximate surface area is 163 Å². The molecule has 3 rings (SSSR count). The van der Waals surface area contributed by atoms with Gasteiger partial charge >= 0.3 is 6.09 Å². The first-order valence-electron chi connectivity index (χ1n) is 8.91. The van der Waals surface area contributed by atoms with E-state index in [-0.39, 0.29) is 0 Å². The highest BCUT2D eigenvalue weighted by molar-refractivity contribution is 7.19. The lowest BCUT2D eigenvalue weighted by Gasteiger charge is -2.20. The molecule has 5 nitrogen and oxygen atoms in total. The van der Waals surface area contributed by atoms with Gasteiger partial charge in [0.15, 0.2) is 0 Å². The SMILES string of the molecule is CCCOC(=O)Nc1ccc(N(C)Cc2cc3ccccc3s2)cc1OC. The third-order valence-electron chi connectivity index (χ3n) is 4.17. The van der Waals surface area contributed by atoms with Crippen molar-refractivity contribution in [3.63, 3.8) is 0 Å². The number of benzene rings is 2. The largest absolute Gasteiger partial charge is 0.494 e. The molecule has 0 atom stereocenters. The van der Waals surface area contributed by atoms with Gasteiger partial charge in [-0.05, 0) is 36.1 Å². The van der Waals surface area contributed by atoms with E-state index in [1.54, 1.807) is 18.4 Å². The smallest absolute Gasteiger partial charge is 0.411 e. The summed E-state index contributed by atoms with van der Waals surface area (Å²) < 4.78 is 11.8. The van der Waals surface area contributed by atoms with Crippen molar-refractivity contribution in [2.24, 2.45) is 0 Å². The lowest BCUT2D eigenvalue weighted by Crippen LogP contribution is -2.17. The molecule has 0 fully saturated rings. The molecule has 142 valence electrons. The van der Waals surface area contributed by atoms with Crippen molar-refractivity contribution in [2.45, 2.75) is 19.9 Å². The Kier molecular flexibility index (Phi) is 6.19. The monoisotopic (exact) mass is 384 g/mol. The number of rotatable bonds is 7. The van der Waals surface area contributed by atoms with Crippen LogP contribution in [0.5, 0.6) is 5.75 Å². The predicted octanol–water partition coefficient (Wildman–Crippen LogP) is 5.50. The summed E-state index contributed by atoms with van der Waals surface area (Å²) in [6.07, 6.45) is 0.313. The second-order valence-electron chi connectivity index (χ2n) is 6.25. The van der Waals surface area contributed by atoms with Crippen LogP contribution >= 0.6 is 11.3 Å². The average Bonchev–Trinajstić information content (AvgIpc) is 3.08. The number of hydrogen-bond acceptors (Lipinski definition) is 5. The fourth-order valence-electron chi connectivity index (χ4n) is 2.80. The molecule has 0 bridgehead atoms. The topological polar surface area (TPSA) is 50.8 Å². The van der Waals surface area contributed by atoms with Crippen LogP contribution in [0.4, 0.5) is 16.2 Å². The normalized spacial score (nSPS) is 10.6. The van der Waals surface area contributed by atoms with Gasteiger partial charge in [-0.3, -0.25) is 5.32 Å². The number of fused-ring (bicyclic) bond motifs is 1. The number of hydrogen-bond donors (Lipinski definition) is 1. The van der Waals surface area contributed by atoms with Gasteiger partial charge in [-0.25, -0.2) is 4.79 Å². The second-order valence-corrected chi connectivity index (χ2v) is 7.42. The van der Waals surface area contributed by atoms with E-state index in [2.05, 4.69) is 40.5 Å². The summed E-state index contributed by atoms with van der Waals surface area (Å²) in [5.74, 6) is 0.601. The third-order valence-corrected chi connectivity index (χ3v) is 5.27. The van der Waals surface area contributed by atoms with Gasteiger partial charge in [0.25, 0.3) is 0 Å². The quantitative estimate of drug-likeness (QED) is 0.584. The molecule has 0 saturated carbocycles. The molecule has 6 heteroatoms. The molecular formula is C21H24N2O3S. The van der Waals surface area contributed by atoms with Crippen LogP contribution in [0, 0.1) is 0 Å². The van der Waals surface area contributed by atoms with Crippen LogP contribution in [0.2, 0.25) is 0 Å². The van der Waals surface area contributed by atoms with Gasteiger partial charge in [0, 0.05) is 28.4 Å². The maximum atomic E-state index is 11.8. The summed E-state index contributed by atoms with van der Waals surface area (Å²) in [5, 5.41) is 4.00. The van der Waals surface area contributed by atoms with Crippen molar-refractivity contribution in [1.29, 1.82) is 0 Å². The number of thiophene rings is 1. The summed E-state index contributed by atoms with van der Waals surface area (Å²) in [6, 6.07) is 16.4. The van der Waals surface area contributed by atoms with Gasteiger partial charge < -0.3 is 14.4 Å². The number of carbonyl (C=O) groups excluding carboxylic acids is 1. The van der Waals surface area contributed by atoms with E-state index in [9.17, 15) is 4.79 Å². The zero-order valence-corrected chi connectivity index (χ0v) is 16.6. The predicted molar refractivity (Wildman–Crippen MR) is 112 cm³/mol. The number of anilines is 2. The Morgan fingerprint density at radius 1 is 1.19 bits per heavy atom. The maximum absolute atomic E-state index is 11.8. The van der Waals surface area contributed by atoms with Crippen molar-refractivity contribution < 1.29 is 14.3 Å². The van der Waals surface area contributed by atoms with E-state index in [0.717, 1.165) is 18.7 Å². The molecule has 0 unspecified atom stereocenters. The summed E-state index contributed by atoms with van der Waals surface area (Å²) in [6.45, 7) is 3.15. The van der Waals surface area contributed by atoms with Crippen LogP contribution in [0.3, 0.4) is 0 Å². The van der Waals surface area contributed by atoms with Crippen LogP contribution in [0.15, 0.2) is 48.5 Å². The average molecular weight is 385 g/mol. The minimum Gasteiger partial charge on any atom is -0.494 e. The lowest BCUT2D eigenvalue weighted by molar-refractivity contribution is 0.161. The third kappa shape index (κ3) is 4.71. The summed E-state index contributed by atoms with van der Waals surface area (Å²) in [7, 11) is 3.63. The zero-order chi connectivity index (χ0) is 19.2. The molecule has 0 radical (unpaired) electrons. The van der Waals surface area contributed by atoms with Crippen molar-refractivity contribution in [1.82, 2.24) is 0 Å². The van der Waals surface area contributed by atoms with E-state index in [0.29, 0.717) is 18.0 Å². The highest BCUT2D eigenvalue weighted by Gasteiger charge is 2.12. The fraction of sp³-hybridized carbons (Fsp3) is 0.286. The molecule has 1 heterocycles. The van der Waals surface area contributed by atoms with Gasteiger partial charge in [-0.1, -0.05) is 25.1 Å². The van der Waals surface area contributed by atoms with Crippen LogP contribution in [-0.4, -0.2) is 26.9 Å². The number of nitrogens with one attached hydrogen (secondary N) is 1. The molecule has 3 aromatic rings. The van der Waals surface area contributed by atoms with E-state index >= 15 is 0 Å². The first kappa shape index (κ1) is 19.0. The Bertz CT molecular complexity index is 890. The maximum Gasteiger partial charge on any atom is 0.411 e. The number of amides is 1. The van der Waals surface area contributed by atoms with Crippen molar-refractivity contribution in [3.05, 3.63) is 53.4 Å². The molecule has 1 amide bonds. The Balaban J connectivity index is 1.72. The minimum absolute atomic E-state index is 0.393. The lowest BCUT2D eigenvalue weighted by atomic mass is 10.2. The van der Waals surface area contributed by atoms with Gasteiger partial charge in [-0.2, -0.15) is 0 Å². The second kappa shape index (κ2) is 8.77. The number of carbonyl (C=O) groups is 1. The molecule has 1 aromatic heterocycles. The highest BCUT2D eigenvalue weighted by Crippen LogP contribution is 2.32. The van der Waals surface area contributed by atoms with Crippen LogP contribution in [0.25, 0.3) is 10.1 Å². The van der Waals surface area contributed by atoms with Gasteiger partial charge in [0.1, 0.15) is 5.75 Å². The van der Waals surface area contributed by atoms with Crippen LogP contribution in [0.1, 0.15) is 18.2 Å². The summed E-state index contributed by atoms with van der Waals surface area (Å²) in [4.78, 5) is 15.2. The molecule has 0 aliphatic rings. The minimum atomic E-state index is -0.471. The molecular weight excluding hydrogens is 360 g/mol. The van der Waals surface area contributed by atoms with Crippen LogP contribution < -0.4 is 15.0 Å². The first-order chi connectivity index (χ1) is 13.1. The molecule has 0 spiro atoms. The van der Waals surface area contributed by atoms with E-state index in [1.807, 2.05) is 32.2 Å². The molecule has 27 heavy (non-hydrogen) atoms. The molecule has 0 aliphatic carbocycles. The summed E-state index contributed by atoms with van der Waals surface area (Å²) >= 11 is 1.80. The number of nitrogens with zero attached hydrogens (tertiary/aromatic N) is 1. The molecule has 1 N–H and O–H groups in total. The Morgan fingerprint density at radius 3 is 2.74 bits per heavy atom. The van der Waals surface area contributed by atoms with Crippen LogP contribution in [-0.2, 0) is 11.3 Å². The number of ether oxygens (including phenoxy) is 2. The fourth-order valence-corrected chi connectivity index (χ4v) is 3.92. The van der Waals surface area contributed by atoms with Gasteiger partial charge in [-0.15, -0.1) is 11.3 Å². The number of methoxy groups -OCH3 is 1. The zero-order valence-electron chi connectivity index (χ0n) is 15.8. The van der Waals surface area contributed by atoms with Crippen molar-refractivity contribution in [3.8, 4) is 5.75 Å². The molecule has 2 aromatic carbocycles. The molecule has 0 saturated heterocycles. The Hall–Kier alpha value is -2.73. The standard InChI is InChI=1S/C21H24N2O3S/c1-4-11-26-21(24)22-18-10-9-16(13-19(18)25-3)23(2)14-17-12-15-7-5-6-8-20(15)27-17/h5-10,12-13H,4,11,14H2,1-3H3,(H,22,24). The summed E-state index contributed by atoms with van der Waals surface area (Å²) in [5.41, 5.74) is 1.61. The highest BCUT2D eigenvalue weighted by atomic mass is 32.1. The van der Waals surface area contributed by atoms with E-state index in [4.69, 9.17) is 9.47 Å². The van der Waals surface area contributed by atoms with Crippen molar-refractivity contribution in [2.75, 3.05) is 31.0 Å². The van der Waals surface area contributed by atoms with Gasteiger partial charge in [0.2, 0.25) is 0 Å². The first-order valence-corrected chi connectivity index (χ1v) is 9.72. The van der Waals surface area contributed by atoms with Crippen molar-refractivity contribution >= 4 is 38.9 Å². The Morgan fingerprint density at radius 2 is 2.00 bits per heavy atom.